The molecule has 47 heavy (non-hydrogen) atoms. The summed E-state index contributed by atoms with van der Waals surface area (Å²) in [4.78, 5) is 96.3. The lowest BCUT2D eigenvalue weighted by molar-refractivity contribution is -0.357. The van der Waals surface area contributed by atoms with Gasteiger partial charge < -0.3 is 52.1 Å². The third-order valence-corrected chi connectivity index (χ3v) is 6.17. The minimum absolute atomic E-state index is 0.590. The van der Waals surface area contributed by atoms with Crippen molar-refractivity contribution >= 4 is 47.8 Å². The molecule has 0 bridgehead atoms. The molecule has 0 aromatic carbocycles. The molecule has 2 saturated heterocycles. The summed E-state index contributed by atoms with van der Waals surface area (Å²) in [5.74, 6) is -7.02. The van der Waals surface area contributed by atoms with E-state index in [2.05, 4.69) is 0 Å². The van der Waals surface area contributed by atoms with Crippen molar-refractivity contribution in [3.05, 3.63) is 0 Å². The van der Waals surface area contributed by atoms with Crippen molar-refractivity contribution in [1.82, 2.24) is 0 Å². The van der Waals surface area contributed by atoms with E-state index in [4.69, 9.17) is 52.1 Å². The van der Waals surface area contributed by atoms with Gasteiger partial charge in [0.15, 0.2) is 30.7 Å². The Morgan fingerprint density at radius 2 is 0.702 bits per heavy atom. The van der Waals surface area contributed by atoms with Gasteiger partial charge in [-0.05, 0) is 0 Å². The second kappa shape index (κ2) is 17.5. The number of carbonyl (C=O) groups is 8. The summed E-state index contributed by atoms with van der Waals surface area (Å²) in [7, 11) is 0. The van der Waals surface area contributed by atoms with Crippen LogP contribution < -0.4 is 0 Å². The maximum absolute atomic E-state index is 12.3. The van der Waals surface area contributed by atoms with E-state index in [1.165, 1.54) is 0 Å². The predicted molar refractivity (Wildman–Crippen MR) is 145 cm³/mol. The molecule has 19 heteroatoms. The summed E-state index contributed by atoms with van der Waals surface area (Å²) < 4.78 is 60.2. The molecule has 0 amide bonds. The normalized spacial score (nSPS) is 30.0. The van der Waals surface area contributed by atoms with Crippen LogP contribution in [0.2, 0.25) is 0 Å². The Labute approximate surface area is 268 Å². The van der Waals surface area contributed by atoms with E-state index in [1.54, 1.807) is 0 Å². The minimum Gasteiger partial charge on any atom is -0.463 e. The second-order valence-corrected chi connectivity index (χ2v) is 10.3. The largest absolute Gasteiger partial charge is 0.463 e. The maximum atomic E-state index is 12.3. The second-order valence-electron chi connectivity index (χ2n) is 10.3. The number of esters is 8. The molecule has 19 nitrogen and oxygen atoms in total. The van der Waals surface area contributed by atoms with Crippen LogP contribution in [0.4, 0.5) is 0 Å². The van der Waals surface area contributed by atoms with Crippen LogP contribution >= 0.6 is 0 Å². The molecule has 0 saturated carbocycles. The Kier molecular flexibility index (Phi) is 14.5. The molecule has 0 aromatic heterocycles. The molecule has 0 radical (unpaired) electrons. The van der Waals surface area contributed by atoms with E-state index < -0.39 is 122 Å². The number of hydrogen-bond donors (Lipinski definition) is 0. The first-order valence-electron chi connectivity index (χ1n) is 14.2. The Morgan fingerprint density at radius 1 is 0.383 bits per heavy atom. The Balaban J connectivity index is 2.73. The summed E-state index contributed by atoms with van der Waals surface area (Å²) in [6.07, 6.45) is -16.3. The van der Waals surface area contributed by atoms with Crippen LogP contribution in [-0.2, 0) is 90.5 Å². The highest BCUT2D eigenvalue weighted by molar-refractivity contribution is 5.70. The van der Waals surface area contributed by atoms with Crippen LogP contribution in [0.3, 0.4) is 0 Å². The molecule has 10 atom stereocenters. The fourth-order valence-electron chi connectivity index (χ4n) is 4.73. The number of hydrogen-bond acceptors (Lipinski definition) is 19. The van der Waals surface area contributed by atoms with E-state index in [0.717, 1.165) is 55.4 Å². The number of rotatable bonds is 12. The van der Waals surface area contributed by atoms with Crippen LogP contribution in [0, 0.1) is 0 Å². The first-order chi connectivity index (χ1) is 21.9. The van der Waals surface area contributed by atoms with Crippen molar-refractivity contribution in [2.45, 2.75) is 117 Å². The lowest BCUT2D eigenvalue weighted by Crippen LogP contribution is -2.67. The minimum atomic E-state index is -1.83. The first kappa shape index (κ1) is 38.8. The van der Waals surface area contributed by atoms with Crippen molar-refractivity contribution in [1.29, 1.82) is 0 Å². The molecular weight excluding hydrogens is 640 g/mol. The fraction of sp³-hybridized carbons (Fsp3) is 0.714. The smallest absolute Gasteiger partial charge is 0.305 e. The van der Waals surface area contributed by atoms with Gasteiger partial charge in [0.05, 0.1) is 0 Å². The predicted octanol–water partition coefficient (Wildman–Crippen LogP) is -0.831. The lowest BCUT2D eigenvalue weighted by atomic mass is 9.96. The van der Waals surface area contributed by atoms with Gasteiger partial charge in [-0.3, -0.25) is 38.4 Å². The van der Waals surface area contributed by atoms with Gasteiger partial charge in [0, 0.05) is 55.4 Å². The third-order valence-electron chi connectivity index (χ3n) is 6.17. The van der Waals surface area contributed by atoms with Crippen LogP contribution in [-0.4, -0.2) is 122 Å². The third kappa shape index (κ3) is 12.1. The van der Waals surface area contributed by atoms with Gasteiger partial charge in [0.2, 0.25) is 12.4 Å². The molecule has 2 aliphatic rings. The highest BCUT2D eigenvalue weighted by Gasteiger charge is 2.58. The average molecular weight is 679 g/mol. The summed E-state index contributed by atoms with van der Waals surface area (Å²) >= 11 is 0. The lowest BCUT2D eigenvalue weighted by Gasteiger charge is -2.48. The summed E-state index contributed by atoms with van der Waals surface area (Å²) in [5, 5.41) is 0. The van der Waals surface area contributed by atoms with E-state index in [-0.39, 0.29) is 0 Å². The van der Waals surface area contributed by atoms with Gasteiger partial charge in [-0.25, -0.2) is 0 Å². The van der Waals surface area contributed by atoms with Crippen LogP contribution in [0.1, 0.15) is 55.4 Å². The van der Waals surface area contributed by atoms with Crippen molar-refractivity contribution in [3.8, 4) is 0 Å². The Bertz CT molecular complexity index is 1200. The topological polar surface area (TPSA) is 238 Å². The van der Waals surface area contributed by atoms with Gasteiger partial charge in [0.25, 0.3) is 0 Å². The zero-order valence-corrected chi connectivity index (χ0v) is 26.9. The zero-order chi connectivity index (χ0) is 35.6. The van der Waals surface area contributed by atoms with Crippen molar-refractivity contribution in [2.24, 2.45) is 0 Å². The maximum Gasteiger partial charge on any atom is 0.305 e. The Morgan fingerprint density at radius 3 is 1.11 bits per heavy atom. The van der Waals surface area contributed by atoms with Gasteiger partial charge in [-0.2, -0.15) is 0 Å². The molecule has 264 valence electrons. The Hall–Kier alpha value is -4.36. The zero-order valence-electron chi connectivity index (χ0n) is 26.9. The van der Waals surface area contributed by atoms with Crippen LogP contribution in [0.15, 0.2) is 0 Å². The van der Waals surface area contributed by atoms with Gasteiger partial charge in [-0.15, -0.1) is 0 Å². The molecular formula is C28H38O19. The first-order valence-corrected chi connectivity index (χ1v) is 14.2. The molecule has 2 rings (SSSR count). The molecule has 0 aliphatic carbocycles. The van der Waals surface area contributed by atoms with Crippen molar-refractivity contribution < 1.29 is 90.5 Å². The quantitative estimate of drug-likeness (QED) is 0.181. The van der Waals surface area contributed by atoms with Gasteiger partial charge in [-0.1, -0.05) is 0 Å². The highest BCUT2D eigenvalue weighted by Crippen LogP contribution is 2.35. The monoisotopic (exact) mass is 678 g/mol. The van der Waals surface area contributed by atoms with E-state index in [1.807, 2.05) is 0 Å². The fourth-order valence-corrected chi connectivity index (χ4v) is 4.73. The molecule has 2 aliphatic heterocycles. The number of ether oxygens (including phenoxy) is 11. The van der Waals surface area contributed by atoms with Crippen LogP contribution in [0.25, 0.3) is 0 Å². The van der Waals surface area contributed by atoms with E-state index >= 15 is 0 Å². The van der Waals surface area contributed by atoms with Crippen molar-refractivity contribution in [3.63, 3.8) is 0 Å². The summed E-state index contributed by atoms with van der Waals surface area (Å²) in [6.45, 7) is 7.05. The molecule has 0 N–H and O–H groups in total. The van der Waals surface area contributed by atoms with E-state index in [0.29, 0.717) is 0 Å². The van der Waals surface area contributed by atoms with Gasteiger partial charge >= 0.3 is 47.8 Å². The standard InChI is InChI=1S/C28H38O19/c1-11(29)37-9-19-21(39-13(3)31)23(40-14(4)32)26(43-17(7)35)28(46-19)47-22-20(10-38-12(2)30)45-27(44-18(8)36)25(42-16(6)34)24(22)41-15(5)33/h19-28H,9-10H2,1-8H3/t19-,20-,21-,22-,23+,24-,25+,26-,27+,28+/m1/s1. The summed E-state index contributed by atoms with van der Waals surface area (Å²) in [6, 6.07) is 0. The average Bonchev–Trinajstić information content (AvgIpc) is 2.91. The molecule has 0 spiro atoms. The molecule has 0 aromatic rings. The SMILES string of the molecule is CC(=O)OC[C@H]1O[C@@H](O[C@H]2[C@@H](OC(C)=O)[C@H](OC(C)=O)[C@@H](OC(C)=O)O[C@@H]2COC(C)=O)[C@H](OC(C)=O)[C@@H](OC(C)=O)[C@@H]1OC(C)=O. The van der Waals surface area contributed by atoms with E-state index in [9.17, 15) is 38.4 Å². The number of carbonyl (C=O) groups excluding carboxylic acids is 8. The van der Waals surface area contributed by atoms with Crippen LogP contribution in [0.5, 0.6) is 0 Å². The molecule has 2 heterocycles. The van der Waals surface area contributed by atoms with Gasteiger partial charge in [0.1, 0.15) is 31.5 Å². The summed E-state index contributed by atoms with van der Waals surface area (Å²) in [5.41, 5.74) is 0. The van der Waals surface area contributed by atoms with Crippen molar-refractivity contribution in [2.75, 3.05) is 13.2 Å². The highest BCUT2D eigenvalue weighted by atomic mass is 16.8. The molecule has 2 fully saturated rings. The molecule has 0 unspecified atom stereocenters.